The third kappa shape index (κ3) is 2.73. The Labute approximate surface area is 107 Å². The number of halogens is 1. The Balaban J connectivity index is 2.13. The molecular formula is C10H12BrN5O. The molecule has 1 atom stereocenters. The Morgan fingerprint density at radius 3 is 2.94 bits per heavy atom. The minimum Gasteiger partial charge on any atom is -0.480 e. The predicted molar refractivity (Wildman–Crippen MR) is 66.9 cm³/mol. The quantitative estimate of drug-likeness (QED) is 0.904. The van der Waals surface area contributed by atoms with E-state index in [2.05, 4.69) is 41.2 Å². The van der Waals surface area contributed by atoms with Gasteiger partial charge in [0.05, 0.1) is 23.8 Å². The van der Waals surface area contributed by atoms with Crippen molar-refractivity contribution in [3.05, 3.63) is 28.9 Å². The van der Waals surface area contributed by atoms with Crippen molar-refractivity contribution in [3.8, 4) is 5.88 Å². The van der Waals surface area contributed by atoms with Crippen molar-refractivity contribution in [3.63, 3.8) is 0 Å². The minimum absolute atomic E-state index is 0.00381. The van der Waals surface area contributed by atoms with E-state index >= 15 is 0 Å². The van der Waals surface area contributed by atoms with Crippen molar-refractivity contribution in [1.29, 1.82) is 0 Å². The lowest BCUT2D eigenvalue weighted by Gasteiger charge is -2.12. The first-order valence-electron chi connectivity index (χ1n) is 5.03. The number of rotatable bonds is 4. The van der Waals surface area contributed by atoms with E-state index in [0.717, 1.165) is 10.3 Å². The molecule has 0 aliphatic carbocycles. The standard InChI is InChI=1S/C10H12BrN5O/c1-6(8-12-3-4-13-8)15-10-14-5-7(11)9(16-10)17-2/h3-6H,1-2H3,(H,12,13)(H,14,15,16). The van der Waals surface area contributed by atoms with Crippen LogP contribution in [0.2, 0.25) is 0 Å². The number of H-pyrrole nitrogens is 1. The molecule has 0 aliphatic rings. The summed E-state index contributed by atoms with van der Waals surface area (Å²) in [6.45, 7) is 1.97. The van der Waals surface area contributed by atoms with Gasteiger partial charge in [-0.15, -0.1) is 0 Å². The highest BCUT2D eigenvalue weighted by molar-refractivity contribution is 9.10. The molecule has 0 aromatic carbocycles. The molecule has 0 radical (unpaired) electrons. The van der Waals surface area contributed by atoms with E-state index in [1.165, 1.54) is 0 Å². The van der Waals surface area contributed by atoms with Gasteiger partial charge in [-0.2, -0.15) is 4.98 Å². The zero-order valence-corrected chi connectivity index (χ0v) is 11.0. The van der Waals surface area contributed by atoms with E-state index in [-0.39, 0.29) is 6.04 Å². The Bertz CT molecular complexity index is 487. The third-order valence-corrected chi connectivity index (χ3v) is 2.72. The van der Waals surface area contributed by atoms with Crippen molar-refractivity contribution in [2.45, 2.75) is 13.0 Å². The van der Waals surface area contributed by atoms with Gasteiger partial charge in [0.25, 0.3) is 0 Å². The number of hydrogen-bond donors (Lipinski definition) is 2. The molecule has 2 heterocycles. The SMILES string of the molecule is COc1nc(NC(C)c2ncc[nH]2)ncc1Br. The van der Waals surface area contributed by atoms with Crippen molar-refractivity contribution < 1.29 is 4.74 Å². The number of nitrogens with zero attached hydrogens (tertiary/aromatic N) is 3. The summed E-state index contributed by atoms with van der Waals surface area (Å²) in [5, 5.41) is 3.13. The smallest absolute Gasteiger partial charge is 0.232 e. The van der Waals surface area contributed by atoms with E-state index in [1.54, 1.807) is 25.7 Å². The summed E-state index contributed by atoms with van der Waals surface area (Å²) in [7, 11) is 1.56. The average molecular weight is 298 g/mol. The summed E-state index contributed by atoms with van der Waals surface area (Å²) in [6, 6.07) is -0.00381. The van der Waals surface area contributed by atoms with Gasteiger partial charge in [0.2, 0.25) is 11.8 Å². The molecule has 6 nitrogen and oxygen atoms in total. The molecule has 0 saturated carbocycles. The lowest BCUT2D eigenvalue weighted by atomic mass is 10.3. The predicted octanol–water partition coefficient (Wildman–Crippen LogP) is 2.14. The monoisotopic (exact) mass is 297 g/mol. The maximum atomic E-state index is 5.10. The van der Waals surface area contributed by atoms with Crippen molar-refractivity contribution in [2.24, 2.45) is 0 Å². The number of anilines is 1. The fourth-order valence-corrected chi connectivity index (χ4v) is 1.69. The lowest BCUT2D eigenvalue weighted by molar-refractivity contribution is 0.394. The first-order chi connectivity index (χ1) is 8.20. The van der Waals surface area contributed by atoms with Crippen LogP contribution in [0.15, 0.2) is 23.1 Å². The number of nitrogens with one attached hydrogen (secondary N) is 2. The summed E-state index contributed by atoms with van der Waals surface area (Å²) < 4.78 is 5.82. The van der Waals surface area contributed by atoms with Crippen LogP contribution in [0.1, 0.15) is 18.8 Å². The molecule has 2 N–H and O–H groups in total. The van der Waals surface area contributed by atoms with Crippen LogP contribution in [-0.2, 0) is 0 Å². The summed E-state index contributed by atoms with van der Waals surface area (Å²) in [6.07, 6.45) is 5.12. The van der Waals surface area contributed by atoms with Crippen molar-refractivity contribution >= 4 is 21.9 Å². The van der Waals surface area contributed by atoms with Gasteiger partial charge in [0.1, 0.15) is 5.82 Å². The van der Waals surface area contributed by atoms with Crippen LogP contribution in [0.4, 0.5) is 5.95 Å². The zero-order valence-electron chi connectivity index (χ0n) is 9.44. The number of methoxy groups -OCH3 is 1. The van der Waals surface area contributed by atoms with Gasteiger partial charge in [-0.25, -0.2) is 9.97 Å². The number of imidazole rings is 1. The molecule has 2 aromatic heterocycles. The first kappa shape index (κ1) is 11.8. The molecule has 0 spiro atoms. The average Bonchev–Trinajstić information content (AvgIpc) is 2.85. The molecule has 0 saturated heterocycles. The highest BCUT2D eigenvalue weighted by atomic mass is 79.9. The van der Waals surface area contributed by atoms with Gasteiger partial charge in [0, 0.05) is 12.4 Å². The Morgan fingerprint density at radius 2 is 2.29 bits per heavy atom. The van der Waals surface area contributed by atoms with Crippen LogP contribution in [0.25, 0.3) is 0 Å². The topological polar surface area (TPSA) is 75.7 Å². The van der Waals surface area contributed by atoms with E-state index in [1.807, 2.05) is 6.92 Å². The lowest BCUT2D eigenvalue weighted by Crippen LogP contribution is -2.11. The van der Waals surface area contributed by atoms with Crippen LogP contribution in [-0.4, -0.2) is 27.0 Å². The third-order valence-electron chi connectivity index (χ3n) is 2.18. The summed E-state index contributed by atoms with van der Waals surface area (Å²) in [4.78, 5) is 15.5. The molecule has 1 unspecified atom stereocenters. The van der Waals surface area contributed by atoms with Gasteiger partial charge in [-0.3, -0.25) is 0 Å². The largest absolute Gasteiger partial charge is 0.480 e. The Hall–Kier alpha value is -1.63. The molecule has 90 valence electrons. The van der Waals surface area contributed by atoms with Crippen LogP contribution in [0.5, 0.6) is 5.88 Å². The molecule has 7 heteroatoms. The highest BCUT2D eigenvalue weighted by Gasteiger charge is 2.10. The molecule has 0 bridgehead atoms. The van der Waals surface area contributed by atoms with E-state index < -0.39 is 0 Å². The van der Waals surface area contributed by atoms with Gasteiger partial charge in [-0.05, 0) is 22.9 Å². The first-order valence-corrected chi connectivity index (χ1v) is 5.82. The van der Waals surface area contributed by atoms with E-state index in [0.29, 0.717) is 11.8 Å². The molecule has 0 amide bonds. The second-order valence-corrected chi connectivity index (χ2v) is 4.25. The number of aromatic amines is 1. The maximum Gasteiger partial charge on any atom is 0.232 e. The normalized spacial score (nSPS) is 12.2. The minimum atomic E-state index is -0.00381. The van der Waals surface area contributed by atoms with Crippen LogP contribution >= 0.6 is 15.9 Å². The van der Waals surface area contributed by atoms with Crippen molar-refractivity contribution in [2.75, 3.05) is 12.4 Å². The van der Waals surface area contributed by atoms with Gasteiger partial charge in [-0.1, -0.05) is 0 Å². The second kappa shape index (κ2) is 5.13. The fraction of sp³-hybridized carbons (Fsp3) is 0.300. The molecule has 2 rings (SSSR count). The molecule has 0 fully saturated rings. The Kier molecular flexibility index (Phi) is 3.58. The van der Waals surface area contributed by atoms with E-state index in [4.69, 9.17) is 4.74 Å². The van der Waals surface area contributed by atoms with Crippen LogP contribution in [0, 0.1) is 0 Å². The molecule has 0 aliphatic heterocycles. The number of aromatic nitrogens is 4. The number of ether oxygens (including phenoxy) is 1. The highest BCUT2D eigenvalue weighted by Crippen LogP contribution is 2.23. The summed E-state index contributed by atoms with van der Waals surface area (Å²) >= 11 is 3.30. The van der Waals surface area contributed by atoms with Crippen LogP contribution < -0.4 is 10.1 Å². The van der Waals surface area contributed by atoms with Gasteiger partial charge < -0.3 is 15.0 Å². The van der Waals surface area contributed by atoms with Gasteiger partial charge >= 0.3 is 0 Å². The Morgan fingerprint density at radius 1 is 1.47 bits per heavy atom. The zero-order chi connectivity index (χ0) is 12.3. The van der Waals surface area contributed by atoms with Crippen LogP contribution in [0.3, 0.4) is 0 Å². The van der Waals surface area contributed by atoms with E-state index in [9.17, 15) is 0 Å². The van der Waals surface area contributed by atoms with Gasteiger partial charge in [0.15, 0.2) is 0 Å². The molecular weight excluding hydrogens is 286 g/mol. The van der Waals surface area contributed by atoms with Crippen molar-refractivity contribution in [1.82, 2.24) is 19.9 Å². The maximum absolute atomic E-state index is 5.10. The second-order valence-electron chi connectivity index (χ2n) is 3.39. The fourth-order valence-electron chi connectivity index (χ4n) is 1.34. The summed E-state index contributed by atoms with van der Waals surface area (Å²) in [5.74, 6) is 1.82. The molecule has 17 heavy (non-hydrogen) atoms. The number of hydrogen-bond acceptors (Lipinski definition) is 5. The summed E-state index contributed by atoms with van der Waals surface area (Å²) in [5.41, 5.74) is 0. The molecule has 2 aromatic rings.